The fourth-order valence-corrected chi connectivity index (χ4v) is 3.33. The summed E-state index contributed by atoms with van der Waals surface area (Å²) in [4.78, 5) is 23.9. The first-order valence-electron chi connectivity index (χ1n) is 9.08. The third kappa shape index (κ3) is 6.40. The molecule has 0 saturated carbocycles. The normalized spacial score (nSPS) is 25.6. The van der Waals surface area contributed by atoms with Crippen molar-refractivity contribution in [2.45, 2.75) is 97.0 Å². The first-order valence-corrected chi connectivity index (χ1v) is 9.08. The van der Waals surface area contributed by atoms with Crippen LogP contribution >= 0.6 is 0 Å². The summed E-state index contributed by atoms with van der Waals surface area (Å²) in [5.74, 6) is 0.182. The van der Waals surface area contributed by atoms with Gasteiger partial charge in [-0.25, -0.2) is 0 Å². The van der Waals surface area contributed by atoms with E-state index in [2.05, 4.69) is 24.5 Å². The number of nitrogens with two attached hydrogens (primary N) is 1. The molecule has 1 aliphatic heterocycles. The number of hydrogen-bond donors (Lipinski definition) is 3. The van der Waals surface area contributed by atoms with Crippen LogP contribution in [0.1, 0.15) is 67.2 Å². The second-order valence-electron chi connectivity index (χ2n) is 7.90. The minimum atomic E-state index is -0.520. The number of nitrogens with one attached hydrogen (secondary N) is 2. The SMILES string of the molecule is CCC(CC)C[C@H](NC(C)=O)[C@H]1N[C@@H](C(=O)OC(C)(C)C)C[C@H]1N. The van der Waals surface area contributed by atoms with Crippen LogP contribution in [-0.2, 0) is 14.3 Å². The van der Waals surface area contributed by atoms with Crippen molar-refractivity contribution in [3.05, 3.63) is 0 Å². The molecule has 0 unspecified atom stereocenters. The van der Waals surface area contributed by atoms with E-state index in [-0.39, 0.29) is 30.0 Å². The molecule has 140 valence electrons. The quantitative estimate of drug-likeness (QED) is 0.613. The third-order valence-electron chi connectivity index (χ3n) is 4.62. The lowest BCUT2D eigenvalue weighted by atomic mass is 9.89. The largest absolute Gasteiger partial charge is 0.459 e. The highest BCUT2D eigenvalue weighted by molar-refractivity contribution is 5.77. The molecule has 6 nitrogen and oxygen atoms in total. The number of amides is 1. The smallest absolute Gasteiger partial charge is 0.323 e. The van der Waals surface area contributed by atoms with E-state index in [1.807, 2.05) is 20.8 Å². The van der Waals surface area contributed by atoms with Gasteiger partial charge in [0, 0.05) is 25.0 Å². The first kappa shape index (κ1) is 20.9. The van der Waals surface area contributed by atoms with Crippen molar-refractivity contribution in [1.29, 1.82) is 0 Å². The lowest BCUT2D eigenvalue weighted by molar-refractivity contribution is -0.157. The average Bonchev–Trinajstić information content (AvgIpc) is 2.83. The molecule has 0 aromatic heterocycles. The van der Waals surface area contributed by atoms with Gasteiger partial charge in [-0.05, 0) is 39.5 Å². The molecule has 0 aromatic carbocycles. The summed E-state index contributed by atoms with van der Waals surface area (Å²) in [7, 11) is 0. The van der Waals surface area contributed by atoms with Crippen LogP contribution in [0.5, 0.6) is 0 Å². The average molecular weight is 341 g/mol. The predicted octanol–water partition coefficient (Wildman–Crippen LogP) is 1.72. The Kier molecular flexibility index (Phi) is 7.67. The fraction of sp³-hybridized carbons (Fsp3) is 0.889. The van der Waals surface area contributed by atoms with Crippen LogP contribution < -0.4 is 16.4 Å². The standard InChI is InChI=1S/C18H35N3O3/c1-7-12(8-2)9-14(20-11(3)22)16-13(19)10-15(21-16)17(23)24-18(4,5)6/h12-16,21H,7-10,19H2,1-6H3,(H,20,22)/t13-,14+,15-,16+/m1/s1. The van der Waals surface area contributed by atoms with E-state index in [1.165, 1.54) is 6.92 Å². The van der Waals surface area contributed by atoms with Crippen LogP contribution in [0.4, 0.5) is 0 Å². The molecule has 4 atom stereocenters. The summed E-state index contributed by atoms with van der Waals surface area (Å²) in [5, 5.41) is 6.33. The highest BCUT2D eigenvalue weighted by atomic mass is 16.6. The lowest BCUT2D eigenvalue weighted by Crippen LogP contribution is -2.55. The van der Waals surface area contributed by atoms with Gasteiger partial charge in [-0.1, -0.05) is 26.7 Å². The molecule has 1 amide bonds. The predicted molar refractivity (Wildman–Crippen MR) is 95.4 cm³/mol. The van der Waals surface area contributed by atoms with Gasteiger partial charge in [0.2, 0.25) is 5.91 Å². The van der Waals surface area contributed by atoms with Gasteiger partial charge in [0.05, 0.1) is 0 Å². The van der Waals surface area contributed by atoms with Gasteiger partial charge in [0.25, 0.3) is 0 Å². The number of carbonyl (C=O) groups is 2. The maximum atomic E-state index is 12.3. The second kappa shape index (κ2) is 8.81. The van der Waals surface area contributed by atoms with Crippen molar-refractivity contribution in [2.24, 2.45) is 11.7 Å². The van der Waals surface area contributed by atoms with E-state index in [4.69, 9.17) is 10.5 Å². The molecule has 1 aliphatic rings. The Morgan fingerprint density at radius 3 is 2.33 bits per heavy atom. The van der Waals surface area contributed by atoms with Crippen LogP contribution in [0.25, 0.3) is 0 Å². The van der Waals surface area contributed by atoms with E-state index in [0.29, 0.717) is 12.3 Å². The van der Waals surface area contributed by atoms with Crippen molar-refractivity contribution in [3.8, 4) is 0 Å². The van der Waals surface area contributed by atoms with Crippen molar-refractivity contribution < 1.29 is 14.3 Å². The molecular formula is C18H35N3O3. The van der Waals surface area contributed by atoms with Crippen molar-refractivity contribution in [1.82, 2.24) is 10.6 Å². The lowest BCUT2D eigenvalue weighted by Gasteiger charge is -2.30. The zero-order chi connectivity index (χ0) is 18.5. The molecule has 1 fully saturated rings. The summed E-state index contributed by atoms with van der Waals surface area (Å²) in [6.07, 6.45) is 3.51. The molecule has 1 heterocycles. The molecular weight excluding hydrogens is 306 g/mol. The Morgan fingerprint density at radius 2 is 1.88 bits per heavy atom. The van der Waals surface area contributed by atoms with Gasteiger partial charge in [-0.2, -0.15) is 0 Å². The van der Waals surface area contributed by atoms with Gasteiger partial charge in [-0.3, -0.25) is 14.9 Å². The zero-order valence-corrected chi connectivity index (χ0v) is 16.0. The van der Waals surface area contributed by atoms with Crippen LogP contribution in [0.2, 0.25) is 0 Å². The molecule has 6 heteroatoms. The third-order valence-corrected chi connectivity index (χ3v) is 4.62. The summed E-state index contributed by atoms with van der Waals surface area (Å²) < 4.78 is 5.46. The molecule has 0 aromatic rings. The maximum absolute atomic E-state index is 12.3. The monoisotopic (exact) mass is 341 g/mol. The van der Waals surface area contributed by atoms with Gasteiger partial charge in [0.1, 0.15) is 11.6 Å². The summed E-state index contributed by atoms with van der Waals surface area (Å²) >= 11 is 0. The molecule has 1 saturated heterocycles. The summed E-state index contributed by atoms with van der Waals surface area (Å²) in [5.41, 5.74) is 5.76. The number of esters is 1. The fourth-order valence-electron chi connectivity index (χ4n) is 3.33. The topological polar surface area (TPSA) is 93.5 Å². The number of ether oxygens (including phenoxy) is 1. The van der Waals surface area contributed by atoms with Crippen LogP contribution in [-0.4, -0.2) is 41.6 Å². The molecule has 0 spiro atoms. The van der Waals surface area contributed by atoms with E-state index >= 15 is 0 Å². The molecule has 1 rings (SSSR count). The van der Waals surface area contributed by atoms with Crippen molar-refractivity contribution in [2.75, 3.05) is 0 Å². The number of hydrogen-bond acceptors (Lipinski definition) is 5. The van der Waals surface area contributed by atoms with Gasteiger partial charge >= 0.3 is 5.97 Å². The van der Waals surface area contributed by atoms with E-state index in [0.717, 1.165) is 19.3 Å². The summed E-state index contributed by atoms with van der Waals surface area (Å²) in [6, 6.07) is -0.794. The van der Waals surface area contributed by atoms with Crippen LogP contribution in [0.3, 0.4) is 0 Å². The molecule has 0 aliphatic carbocycles. The number of rotatable bonds is 7. The van der Waals surface area contributed by atoms with Gasteiger partial charge in [0.15, 0.2) is 0 Å². The Bertz CT molecular complexity index is 430. The van der Waals surface area contributed by atoms with Gasteiger partial charge < -0.3 is 15.8 Å². The molecule has 24 heavy (non-hydrogen) atoms. The summed E-state index contributed by atoms with van der Waals surface area (Å²) in [6.45, 7) is 11.4. The molecule has 0 radical (unpaired) electrons. The zero-order valence-electron chi connectivity index (χ0n) is 16.0. The Balaban J connectivity index is 2.79. The van der Waals surface area contributed by atoms with Crippen LogP contribution in [0.15, 0.2) is 0 Å². The maximum Gasteiger partial charge on any atom is 0.323 e. The van der Waals surface area contributed by atoms with E-state index in [9.17, 15) is 9.59 Å². The highest BCUT2D eigenvalue weighted by Crippen LogP contribution is 2.23. The Labute approximate surface area is 146 Å². The Morgan fingerprint density at radius 1 is 1.29 bits per heavy atom. The highest BCUT2D eigenvalue weighted by Gasteiger charge is 2.41. The first-order chi connectivity index (χ1) is 11.1. The van der Waals surface area contributed by atoms with E-state index in [1.54, 1.807) is 0 Å². The van der Waals surface area contributed by atoms with Gasteiger partial charge in [-0.15, -0.1) is 0 Å². The second-order valence-corrected chi connectivity index (χ2v) is 7.90. The molecule has 4 N–H and O–H groups in total. The van der Waals surface area contributed by atoms with Crippen molar-refractivity contribution in [3.63, 3.8) is 0 Å². The van der Waals surface area contributed by atoms with Crippen LogP contribution in [0, 0.1) is 5.92 Å². The number of carbonyl (C=O) groups excluding carboxylic acids is 2. The molecule has 0 bridgehead atoms. The minimum absolute atomic E-state index is 0.0688. The minimum Gasteiger partial charge on any atom is -0.459 e. The van der Waals surface area contributed by atoms with E-state index < -0.39 is 11.6 Å². The Hall–Kier alpha value is -1.14. The van der Waals surface area contributed by atoms with Crippen molar-refractivity contribution >= 4 is 11.9 Å².